The molecule has 9 nitrogen and oxygen atoms in total. The summed E-state index contributed by atoms with van der Waals surface area (Å²) in [4.78, 5) is 39.3. The summed E-state index contributed by atoms with van der Waals surface area (Å²) in [5, 5.41) is 7.38. The molecule has 9 heteroatoms. The fourth-order valence-electron chi connectivity index (χ4n) is 5.66. The average Bonchev–Trinajstić information content (AvgIpc) is 2.91. The standard InChI is InChI=1S/C29H39N7O2/c1-5-26(37)31-21-6-8-22(9-7-21)36-27(38)17-19(2)24-18-30-29(33-28(24)36)32-25-11-10-23(16-20(25)3)35-14-12-34(4)13-15-35/h10-11,16-18,21-22H,5-9,12-15H2,1-4H3,(H,31,37)(H,30,32,33). The molecule has 0 radical (unpaired) electrons. The second kappa shape index (κ2) is 11.1. The number of benzene rings is 1. The molecule has 3 heterocycles. The molecule has 1 aliphatic carbocycles. The molecule has 3 aromatic rings. The summed E-state index contributed by atoms with van der Waals surface area (Å²) in [7, 11) is 2.16. The largest absolute Gasteiger partial charge is 0.369 e. The molecule has 1 aromatic carbocycles. The van der Waals surface area contributed by atoms with E-state index < -0.39 is 0 Å². The molecule has 1 aliphatic heterocycles. The lowest BCUT2D eigenvalue weighted by molar-refractivity contribution is -0.121. The van der Waals surface area contributed by atoms with E-state index in [2.05, 4.69) is 57.6 Å². The van der Waals surface area contributed by atoms with Crippen LogP contribution >= 0.6 is 0 Å². The number of likely N-dealkylation sites (N-methyl/N-ethyl adjacent to an activating group) is 1. The van der Waals surface area contributed by atoms with Crippen LogP contribution in [0.2, 0.25) is 0 Å². The van der Waals surface area contributed by atoms with Crippen LogP contribution in [0.25, 0.3) is 11.0 Å². The summed E-state index contributed by atoms with van der Waals surface area (Å²) in [5.74, 6) is 0.567. The van der Waals surface area contributed by atoms with E-state index in [1.807, 2.05) is 24.6 Å². The molecule has 2 aliphatic rings. The highest BCUT2D eigenvalue weighted by molar-refractivity contribution is 5.80. The van der Waals surface area contributed by atoms with Crippen molar-refractivity contribution in [3.8, 4) is 0 Å². The molecule has 1 saturated heterocycles. The molecular weight excluding hydrogens is 478 g/mol. The van der Waals surface area contributed by atoms with E-state index in [0.717, 1.165) is 74.1 Å². The van der Waals surface area contributed by atoms with Gasteiger partial charge >= 0.3 is 0 Å². The number of carbonyl (C=O) groups excluding carboxylic acids is 1. The van der Waals surface area contributed by atoms with Gasteiger partial charge in [0, 0.05) is 73.7 Å². The van der Waals surface area contributed by atoms with Gasteiger partial charge in [-0.2, -0.15) is 4.98 Å². The highest BCUT2D eigenvalue weighted by atomic mass is 16.1. The van der Waals surface area contributed by atoms with Crippen LogP contribution in [-0.4, -0.2) is 64.6 Å². The number of carbonyl (C=O) groups is 1. The molecule has 202 valence electrons. The van der Waals surface area contributed by atoms with E-state index in [-0.39, 0.29) is 23.6 Å². The fourth-order valence-corrected chi connectivity index (χ4v) is 5.66. The number of anilines is 3. The topological polar surface area (TPSA) is 95.4 Å². The SMILES string of the molecule is CCC(=O)NC1CCC(n2c(=O)cc(C)c3cnc(Nc4ccc(N5CCN(C)CC5)cc4C)nc32)CC1. The van der Waals surface area contributed by atoms with Gasteiger partial charge < -0.3 is 20.4 Å². The van der Waals surface area contributed by atoms with Crippen molar-refractivity contribution in [3.05, 3.63) is 51.9 Å². The normalized spacial score (nSPS) is 20.5. The third-order valence-corrected chi connectivity index (χ3v) is 8.07. The van der Waals surface area contributed by atoms with Crippen LogP contribution in [0.15, 0.2) is 35.3 Å². The molecule has 0 bridgehead atoms. The van der Waals surface area contributed by atoms with Crippen LogP contribution in [0.5, 0.6) is 0 Å². The summed E-state index contributed by atoms with van der Waals surface area (Å²) in [5.41, 5.74) is 4.82. The van der Waals surface area contributed by atoms with E-state index in [0.29, 0.717) is 18.0 Å². The minimum atomic E-state index is -0.0339. The highest BCUT2D eigenvalue weighted by Crippen LogP contribution is 2.31. The molecule has 2 fully saturated rings. The Bertz CT molecular complexity index is 1370. The van der Waals surface area contributed by atoms with Gasteiger partial charge in [0.2, 0.25) is 11.9 Å². The molecule has 1 saturated carbocycles. The van der Waals surface area contributed by atoms with Crippen LogP contribution in [0.1, 0.15) is 56.2 Å². The number of hydrogen-bond donors (Lipinski definition) is 2. The van der Waals surface area contributed by atoms with E-state index in [1.54, 1.807) is 6.07 Å². The Morgan fingerprint density at radius 1 is 1.03 bits per heavy atom. The molecular formula is C29H39N7O2. The van der Waals surface area contributed by atoms with Gasteiger partial charge in [0.25, 0.3) is 5.56 Å². The van der Waals surface area contributed by atoms with Gasteiger partial charge in [-0.3, -0.25) is 14.2 Å². The summed E-state index contributed by atoms with van der Waals surface area (Å²) in [6, 6.07) is 8.36. The zero-order valence-corrected chi connectivity index (χ0v) is 23.0. The lowest BCUT2D eigenvalue weighted by atomic mass is 9.90. The van der Waals surface area contributed by atoms with Gasteiger partial charge in [0.15, 0.2) is 0 Å². The summed E-state index contributed by atoms with van der Waals surface area (Å²) in [6.07, 6.45) is 5.67. The third-order valence-electron chi connectivity index (χ3n) is 8.07. The van der Waals surface area contributed by atoms with Gasteiger partial charge in [0.1, 0.15) is 5.65 Å². The summed E-state index contributed by atoms with van der Waals surface area (Å²) in [6.45, 7) is 10.1. The van der Waals surface area contributed by atoms with Gasteiger partial charge in [0.05, 0.1) is 0 Å². The number of fused-ring (bicyclic) bond motifs is 1. The van der Waals surface area contributed by atoms with Gasteiger partial charge in [-0.05, 0) is 75.9 Å². The first-order valence-corrected chi connectivity index (χ1v) is 13.8. The third kappa shape index (κ3) is 5.53. The Morgan fingerprint density at radius 2 is 1.76 bits per heavy atom. The van der Waals surface area contributed by atoms with E-state index in [4.69, 9.17) is 4.98 Å². The van der Waals surface area contributed by atoms with Crippen molar-refractivity contribution in [1.29, 1.82) is 0 Å². The van der Waals surface area contributed by atoms with Crippen LogP contribution in [-0.2, 0) is 4.79 Å². The number of aromatic nitrogens is 3. The molecule has 2 aromatic heterocycles. The Hall–Kier alpha value is -3.46. The Morgan fingerprint density at radius 3 is 2.45 bits per heavy atom. The number of piperazine rings is 1. The minimum absolute atomic E-state index is 0.0339. The molecule has 0 spiro atoms. The zero-order valence-electron chi connectivity index (χ0n) is 23.0. The number of pyridine rings is 1. The van der Waals surface area contributed by atoms with E-state index in [9.17, 15) is 9.59 Å². The van der Waals surface area contributed by atoms with Gasteiger partial charge in [-0.25, -0.2) is 4.98 Å². The first kappa shape index (κ1) is 26.2. The number of aryl methyl sites for hydroxylation is 2. The quantitative estimate of drug-likeness (QED) is 0.512. The van der Waals surface area contributed by atoms with Crippen molar-refractivity contribution < 1.29 is 4.79 Å². The van der Waals surface area contributed by atoms with Crippen LogP contribution in [0.4, 0.5) is 17.3 Å². The van der Waals surface area contributed by atoms with Gasteiger partial charge in [-0.15, -0.1) is 0 Å². The van der Waals surface area contributed by atoms with Crippen LogP contribution in [0, 0.1) is 13.8 Å². The minimum Gasteiger partial charge on any atom is -0.369 e. The molecule has 0 atom stereocenters. The number of hydrogen-bond acceptors (Lipinski definition) is 7. The fraction of sp³-hybridized carbons (Fsp3) is 0.517. The lowest BCUT2D eigenvalue weighted by Gasteiger charge is -2.34. The summed E-state index contributed by atoms with van der Waals surface area (Å²) >= 11 is 0. The number of nitrogens with one attached hydrogen (secondary N) is 2. The van der Waals surface area contributed by atoms with Crippen molar-refractivity contribution in [2.24, 2.45) is 0 Å². The predicted octanol–water partition coefficient (Wildman–Crippen LogP) is 3.91. The van der Waals surface area contributed by atoms with E-state index in [1.165, 1.54) is 5.69 Å². The second-order valence-corrected chi connectivity index (χ2v) is 10.8. The number of amides is 1. The molecule has 38 heavy (non-hydrogen) atoms. The van der Waals surface area contributed by atoms with E-state index >= 15 is 0 Å². The van der Waals surface area contributed by atoms with Crippen molar-refractivity contribution in [1.82, 2.24) is 24.8 Å². The maximum Gasteiger partial charge on any atom is 0.252 e. The molecule has 2 N–H and O–H groups in total. The lowest BCUT2D eigenvalue weighted by Crippen LogP contribution is -2.44. The monoisotopic (exact) mass is 517 g/mol. The maximum atomic E-state index is 13.2. The maximum absolute atomic E-state index is 13.2. The van der Waals surface area contributed by atoms with Crippen molar-refractivity contribution in [2.75, 3.05) is 43.4 Å². The average molecular weight is 518 g/mol. The number of rotatable bonds is 6. The highest BCUT2D eigenvalue weighted by Gasteiger charge is 2.26. The number of nitrogens with zero attached hydrogens (tertiary/aromatic N) is 5. The smallest absolute Gasteiger partial charge is 0.252 e. The van der Waals surface area contributed by atoms with Gasteiger partial charge in [-0.1, -0.05) is 6.92 Å². The Kier molecular flexibility index (Phi) is 7.65. The molecule has 5 rings (SSSR count). The van der Waals surface area contributed by atoms with Crippen molar-refractivity contribution in [2.45, 2.75) is 65.0 Å². The zero-order chi connectivity index (χ0) is 26.8. The molecule has 1 amide bonds. The second-order valence-electron chi connectivity index (χ2n) is 10.8. The summed E-state index contributed by atoms with van der Waals surface area (Å²) < 4.78 is 1.84. The van der Waals surface area contributed by atoms with Crippen LogP contribution in [0.3, 0.4) is 0 Å². The first-order chi connectivity index (χ1) is 18.3. The first-order valence-electron chi connectivity index (χ1n) is 13.8. The predicted molar refractivity (Wildman–Crippen MR) is 152 cm³/mol. The van der Waals surface area contributed by atoms with Crippen molar-refractivity contribution in [3.63, 3.8) is 0 Å². The Labute approximate surface area is 224 Å². The molecule has 0 unspecified atom stereocenters. The van der Waals surface area contributed by atoms with Crippen LogP contribution < -0.4 is 21.1 Å². The van der Waals surface area contributed by atoms with Crippen molar-refractivity contribution >= 4 is 34.3 Å². The Balaban J connectivity index is 1.38.